The summed E-state index contributed by atoms with van der Waals surface area (Å²) in [4.78, 5) is 21.5. The van der Waals surface area contributed by atoms with Crippen molar-refractivity contribution in [3.63, 3.8) is 0 Å². The van der Waals surface area contributed by atoms with Gasteiger partial charge in [-0.15, -0.1) is 0 Å². The third-order valence-corrected chi connectivity index (χ3v) is 5.38. The van der Waals surface area contributed by atoms with Crippen LogP contribution in [0.4, 0.5) is 5.69 Å². The summed E-state index contributed by atoms with van der Waals surface area (Å²) in [6.45, 7) is 3.62. The van der Waals surface area contributed by atoms with Crippen LogP contribution in [0.2, 0.25) is 0 Å². The molecule has 1 rings (SSSR count). The van der Waals surface area contributed by atoms with E-state index < -0.39 is 14.8 Å². The zero-order valence-corrected chi connectivity index (χ0v) is 15.5. The number of benzene rings is 1. The summed E-state index contributed by atoms with van der Waals surface area (Å²) in [5.41, 5.74) is -0.130. The van der Waals surface area contributed by atoms with Gasteiger partial charge in [-0.05, 0) is 38.8 Å². The van der Waals surface area contributed by atoms with E-state index >= 15 is 0 Å². The van der Waals surface area contributed by atoms with E-state index in [1.807, 2.05) is 13.8 Å². The van der Waals surface area contributed by atoms with Crippen molar-refractivity contribution in [2.24, 2.45) is 0 Å². The van der Waals surface area contributed by atoms with Crippen LogP contribution in [0.25, 0.3) is 0 Å². The fraction of sp³-hybridized carbons (Fsp3) is 0.588. The molecule has 7 nitrogen and oxygen atoms in total. The number of unbranched alkanes of at least 4 members (excludes halogenated alkanes) is 4. The SMILES string of the molecule is CC(C)OC(=O)CCCCCCCS(=O)(=O)c1ccc([N+](=O)[O-])cc1. The van der Waals surface area contributed by atoms with E-state index in [2.05, 4.69) is 0 Å². The highest BCUT2D eigenvalue weighted by Crippen LogP contribution is 2.18. The minimum atomic E-state index is -3.42. The molecule has 0 unspecified atom stereocenters. The predicted molar refractivity (Wildman–Crippen MR) is 94.1 cm³/mol. The minimum Gasteiger partial charge on any atom is -0.463 e. The van der Waals surface area contributed by atoms with Gasteiger partial charge in [-0.2, -0.15) is 0 Å². The fourth-order valence-electron chi connectivity index (χ4n) is 2.31. The maximum Gasteiger partial charge on any atom is 0.306 e. The van der Waals surface area contributed by atoms with E-state index in [9.17, 15) is 23.3 Å². The summed E-state index contributed by atoms with van der Waals surface area (Å²) in [7, 11) is -3.42. The molecule has 1 aromatic carbocycles. The second-order valence-corrected chi connectivity index (χ2v) is 8.24. The van der Waals surface area contributed by atoms with Crippen LogP contribution >= 0.6 is 0 Å². The topological polar surface area (TPSA) is 104 Å². The summed E-state index contributed by atoms with van der Waals surface area (Å²) >= 11 is 0. The van der Waals surface area contributed by atoms with Crippen LogP contribution in [0.5, 0.6) is 0 Å². The molecule has 0 fully saturated rings. The van der Waals surface area contributed by atoms with Crippen molar-refractivity contribution >= 4 is 21.5 Å². The Bertz CT molecular complexity index is 667. The lowest BCUT2D eigenvalue weighted by atomic mass is 10.1. The first-order chi connectivity index (χ1) is 11.7. The van der Waals surface area contributed by atoms with Gasteiger partial charge in [0.05, 0.1) is 21.7 Å². The normalized spacial score (nSPS) is 11.5. The number of carbonyl (C=O) groups excluding carboxylic acids is 1. The average Bonchev–Trinajstić information content (AvgIpc) is 2.53. The number of nitro benzene ring substituents is 1. The summed E-state index contributed by atoms with van der Waals surface area (Å²) in [6, 6.07) is 4.94. The molecule has 0 atom stereocenters. The molecule has 0 spiro atoms. The molecular weight excluding hydrogens is 346 g/mol. The second-order valence-electron chi connectivity index (χ2n) is 6.13. The number of sulfone groups is 1. The Morgan fingerprint density at radius 3 is 2.20 bits per heavy atom. The number of non-ortho nitro benzene ring substituents is 1. The highest BCUT2D eigenvalue weighted by Gasteiger charge is 2.15. The Balaban J connectivity index is 2.26. The van der Waals surface area contributed by atoms with Crippen LogP contribution in [0.3, 0.4) is 0 Å². The molecular formula is C17H25NO6S. The lowest BCUT2D eigenvalue weighted by Crippen LogP contribution is -2.10. The molecule has 0 aliphatic carbocycles. The molecule has 0 heterocycles. The van der Waals surface area contributed by atoms with E-state index in [0.717, 1.165) is 25.7 Å². The van der Waals surface area contributed by atoms with E-state index in [1.165, 1.54) is 24.3 Å². The van der Waals surface area contributed by atoms with Gasteiger partial charge >= 0.3 is 5.97 Å². The number of hydrogen-bond acceptors (Lipinski definition) is 6. The molecule has 0 amide bonds. The van der Waals surface area contributed by atoms with Crippen molar-refractivity contribution in [2.75, 3.05) is 5.75 Å². The second kappa shape index (κ2) is 10.1. The van der Waals surface area contributed by atoms with Crippen molar-refractivity contribution < 1.29 is 22.9 Å². The van der Waals surface area contributed by atoms with Crippen molar-refractivity contribution in [3.8, 4) is 0 Å². The summed E-state index contributed by atoms with van der Waals surface area (Å²) in [5, 5.41) is 10.6. The summed E-state index contributed by atoms with van der Waals surface area (Å²) < 4.78 is 29.4. The molecule has 0 saturated carbocycles. The van der Waals surface area contributed by atoms with Gasteiger partial charge in [-0.3, -0.25) is 14.9 Å². The van der Waals surface area contributed by atoms with Crippen LogP contribution in [0, 0.1) is 10.1 Å². The monoisotopic (exact) mass is 371 g/mol. The highest BCUT2D eigenvalue weighted by molar-refractivity contribution is 7.91. The lowest BCUT2D eigenvalue weighted by Gasteiger charge is -2.07. The molecule has 8 heteroatoms. The van der Waals surface area contributed by atoms with Crippen LogP contribution in [0.15, 0.2) is 29.2 Å². The number of hydrogen-bond donors (Lipinski definition) is 0. The molecule has 0 N–H and O–H groups in total. The third kappa shape index (κ3) is 8.11. The highest BCUT2D eigenvalue weighted by atomic mass is 32.2. The Morgan fingerprint density at radius 1 is 1.08 bits per heavy atom. The summed E-state index contributed by atoms with van der Waals surface area (Å²) in [6.07, 6.45) is 4.01. The van der Waals surface area contributed by atoms with E-state index in [1.54, 1.807) is 0 Å². The number of carbonyl (C=O) groups is 1. The van der Waals surface area contributed by atoms with Crippen molar-refractivity contribution in [1.82, 2.24) is 0 Å². The first-order valence-corrected chi connectivity index (χ1v) is 10.0. The number of esters is 1. The number of rotatable bonds is 11. The Hall–Kier alpha value is -1.96. The van der Waals surface area contributed by atoms with E-state index in [0.29, 0.717) is 12.8 Å². The van der Waals surface area contributed by atoms with E-state index in [4.69, 9.17) is 4.74 Å². The van der Waals surface area contributed by atoms with Gasteiger partial charge in [0.1, 0.15) is 0 Å². The van der Waals surface area contributed by atoms with Gasteiger partial charge in [0.15, 0.2) is 9.84 Å². The van der Waals surface area contributed by atoms with Gasteiger partial charge in [-0.25, -0.2) is 8.42 Å². The van der Waals surface area contributed by atoms with E-state index in [-0.39, 0.29) is 28.4 Å². The molecule has 1 aromatic rings. The quantitative estimate of drug-likeness (QED) is 0.254. The smallest absolute Gasteiger partial charge is 0.306 e. The third-order valence-electron chi connectivity index (χ3n) is 3.57. The first kappa shape index (κ1) is 21.1. The molecule has 0 aromatic heterocycles. The van der Waals surface area contributed by atoms with Crippen molar-refractivity contribution in [2.45, 2.75) is 63.4 Å². The molecule has 0 bridgehead atoms. The molecule has 0 saturated heterocycles. The zero-order chi connectivity index (χ0) is 18.9. The van der Waals surface area contributed by atoms with Crippen LogP contribution in [-0.4, -0.2) is 31.2 Å². The Kier molecular flexibility index (Phi) is 8.54. The zero-order valence-electron chi connectivity index (χ0n) is 14.6. The van der Waals surface area contributed by atoms with Gasteiger partial charge in [0.25, 0.3) is 5.69 Å². The standard InChI is InChI=1S/C17H25NO6S/c1-14(2)24-17(19)8-6-4-3-5-7-13-25(22,23)16-11-9-15(10-12-16)18(20)21/h9-12,14H,3-8,13H2,1-2H3. The first-order valence-electron chi connectivity index (χ1n) is 8.39. The maximum atomic E-state index is 12.2. The van der Waals surface area contributed by atoms with Gasteiger partial charge in [0, 0.05) is 18.6 Å². The van der Waals surface area contributed by atoms with Gasteiger partial charge in [-0.1, -0.05) is 19.3 Å². The van der Waals surface area contributed by atoms with Crippen LogP contribution in [-0.2, 0) is 19.4 Å². The molecule has 0 aliphatic heterocycles. The molecule has 140 valence electrons. The summed E-state index contributed by atoms with van der Waals surface area (Å²) in [5.74, 6) is -0.184. The van der Waals surface area contributed by atoms with Crippen LogP contribution < -0.4 is 0 Å². The van der Waals surface area contributed by atoms with Gasteiger partial charge in [0.2, 0.25) is 0 Å². The lowest BCUT2D eigenvalue weighted by molar-refractivity contribution is -0.384. The Morgan fingerprint density at radius 2 is 1.64 bits per heavy atom. The van der Waals surface area contributed by atoms with Crippen LogP contribution in [0.1, 0.15) is 52.4 Å². The predicted octanol–water partition coefficient (Wildman–Crippen LogP) is 3.66. The fourth-order valence-corrected chi connectivity index (χ4v) is 3.68. The molecule has 0 radical (unpaired) electrons. The average molecular weight is 371 g/mol. The number of nitro groups is 1. The largest absolute Gasteiger partial charge is 0.463 e. The Labute approximate surface area is 148 Å². The molecule has 0 aliphatic rings. The minimum absolute atomic E-state index is 0.0141. The van der Waals surface area contributed by atoms with Gasteiger partial charge < -0.3 is 4.74 Å². The van der Waals surface area contributed by atoms with Crippen molar-refractivity contribution in [3.05, 3.63) is 34.4 Å². The number of nitrogens with zero attached hydrogens (tertiary/aromatic N) is 1. The van der Waals surface area contributed by atoms with Crippen molar-refractivity contribution in [1.29, 1.82) is 0 Å². The maximum absolute atomic E-state index is 12.2. The molecule has 25 heavy (non-hydrogen) atoms. The number of ether oxygens (including phenoxy) is 1.